The van der Waals surface area contributed by atoms with Gasteiger partial charge in [0.2, 0.25) is 0 Å². The fraction of sp³-hybridized carbons (Fsp3) is 0.533. The van der Waals surface area contributed by atoms with Crippen LogP contribution in [-0.4, -0.2) is 19.3 Å². The van der Waals surface area contributed by atoms with Gasteiger partial charge in [0.05, 0.1) is 18.3 Å². The summed E-state index contributed by atoms with van der Waals surface area (Å²) in [5, 5.41) is 12.2. The molecule has 0 saturated heterocycles. The van der Waals surface area contributed by atoms with Crippen molar-refractivity contribution in [3.63, 3.8) is 0 Å². The first-order chi connectivity index (χ1) is 9.29. The normalized spacial score (nSPS) is 16.0. The summed E-state index contributed by atoms with van der Waals surface area (Å²) in [6.07, 6.45) is 6.85. The highest BCUT2D eigenvalue weighted by atomic mass is 79.9. The number of ether oxygens (including phenoxy) is 1. The highest BCUT2D eigenvalue weighted by Gasteiger charge is 2.12. The summed E-state index contributed by atoms with van der Waals surface area (Å²) in [6.45, 7) is 1.54. The minimum absolute atomic E-state index is 0.461. The Kier molecular flexibility index (Phi) is 5.68. The zero-order valence-electron chi connectivity index (χ0n) is 11.0. The molecule has 0 bridgehead atoms. The summed E-state index contributed by atoms with van der Waals surface area (Å²) < 4.78 is 6.68. The third kappa shape index (κ3) is 4.52. The van der Waals surface area contributed by atoms with Crippen molar-refractivity contribution in [3.05, 3.63) is 28.2 Å². The lowest BCUT2D eigenvalue weighted by atomic mass is 9.98. The predicted octanol–water partition coefficient (Wildman–Crippen LogP) is 4.08. The smallest absolute Gasteiger partial charge is 0.100 e. The molecule has 3 nitrogen and oxygen atoms in total. The van der Waals surface area contributed by atoms with E-state index in [1.807, 2.05) is 18.2 Å². The maximum absolute atomic E-state index is 8.85. The van der Waals surface area contributed by atoms with Crippen molar-refractivity contribution in [2.24, 2.45) is 0 Å². The van der Waals surface area contributed by atoms with Crippen molar-refractivity contribution in [2.75, 3.05) is 18.5 Å². The molecule has 1 aromatic rings. The number of nitrogens with zero attached hydrogens (tertiary/aromatic N) is 1. The number of benzene rings is 1. The van der Waals surface area contributed by atoms with Crippen LogP contribution in [0.25, 0.3) is 0 Å². The van der Waals surface area contributed by atoms with Gasteiger partial charge in [-0.05, 0) is 47.0 Å². The monoisotopic (exact) mass is 322 g/mol. The lowest BCUT2D eigenvalue weighted by Crippen LogP contribution is -2.20. The number of anilines is 1. The van der Waals surface area contributed by atoms with Gasteiger partial charge in [0.25, 0.3) is 0 Å². The molecule has 4 heteroatoms. The van der Waals surface area contributed by atoms with Gasteiger partial charge in [0, 0.05) is 16.7 Å². The minimum atomic E-state index is 0.461. The van der Waals surface area contributed by atoms with Crippen LogP contribution in [0.1, 0.15) is 37.7 Å². The quantitative estimate of drug-likeness (QED) is 0.831. The molecule has 0 amide bonds. The van der Waals surface area contributed by atoms with E-state index in [1.54, 1.807) is 0 Å². The molecular weight excluding hydrogens is 304 g/mol. The van der Waals surface area contributed by atoms with Crippen molar-refractivity contribution in [2.45, 2.75) is 38.2 Å². The Hall–Kier alpha value is -1.05. The van der Waals surface area contributed by atoms with Gasteiger partial charge in [-0.25, -0.2) is 0 Å². The van der Waals surface area contributed by atoms with Gasteiger partial charge in [-0.1, -0.05) is 19.3 Å². The van der Waals surface area contributed by atoms with E-state index in [1.165, 1.54) is 32.1 Å². The zero-order chi connectivity index (χ0) is 13.5. The molecule has 0 radical (unpaired) electrons. The molecule has 0 heterocycles. The van der Waals surface area contributed by atoms with E-state index < -0.39 is 0 Å². The van der Waals surface area contributed by atoms with E-state index >= 15 is 0 Å². The van der Waals surface area contributed by atoms with Crippen molar-refractivity contribution in [1.29, 1.82) is 5.26 Å². The Balaban J connectivity index is 1.70. The number of rotatable bonds is 5. The molecule has 1 fully saturated rings. The van der Waals surface area contributed by atoms with Gasteiger partial charge in [-0.3, -0.25) is 0 Å². The van der Waals surface area contributed by atoms with E-state index in [0.717, 1.165) is 23.3 Å². The van der Waals surface area contributed by atoms with Crippen LogP contribution >= 0.6 is 15.9 Å². The largest absolute Gasteiger partial charge is 0.383 e. The Labute approximate surface area is 123 Å². The Morgan fingerprint density at radius 3 is 2.79 bits per heavy atom. The molecule has 19 heavy (non-hydrogen) atoms. The lowest BCUT2D eigenvalue weighted by molar-refractivity contribution is 0.0347. The molecule has 0 unspecified atom stereocenters. The van der Waals surface area contributed by atoms with Crippen LogP contribution < -0.4 is 5.32 Å². The molecule has 0 aromatic heterocycles. The molecule has 1 saturated carbocycles. The highest BCUT2D eigenvalue weighted by Crippen LogP contribution is 2.21. The Morgan fingerprint density at radius 2 is 2.11 bits per heavy atom. The van der Waals surface area contributed by atoms with Crippen molar-refractivity contribution in [1.82, 2.24) is 0 Å². The second-order valence-corrected chi connectivity index (χ2v) is 5.72. The van der Waals surface area contributed by atoms with Crippen molar-refractivity contribution >= 4 is 21.6 Å². The van der Waals surface area contributed by atoms with Gasteiger partial charge >= 0.3 is 0 Å². The molecule has 1 N–H and O–H groups in total. The summed E-state index contributed by atoms with van der Waals surface area (Å²) >= 11 is 3.39. The SMILES string of the molecule is N#Cc1ccc(NCCOC2CCCCC2)cc1Br. The molecule has 0 aliphatic heterocycles. The third-order valence-corrected chi connectivity index (χ3v) is 4.08. The van der Waals surface area contributed by atoms with Crippen LogP contribution in [0, 0.1) is 11.3 Å². The molecule has 1 aliphatic carbocycles. The van der Waals surface area contributed by atoms with Crippen LogP contribution in [0.4, 0.5) is 5.69 Å². The summed E-state index contributed by atoms with van der Waals surface area (Å²) in [6, 6.07) is 7.80. The lowest BCUT2D eigenvalue weighted by Gasteiger charge is -2.22. The van der Waals surface area contributed by atoms with E-state index in [9.17, 15) is 0 Å². The van der Waals surface area contributed by atoms with Crippen LogP contribution in [0.5, 0.6) is 0 Å². The maximum Gasteiger partial charge on any atom is 0.100 e. The second kappa shape index (κ2) is 7.52. The number of halogens is 1. The van der Waals surface area contributed by atoms with Crippen molar-refractivity contribution < 1.29 is 4.74 Å². The fourth-order valence-electron chi connectivity index (χ4n) is 2.37. The van der Waals surface area contributed by atoms with Crippen LogP contribution in [0.3, 0.4) is 0 Å². The van der Waals surface area contributed by atoms with Gasteiger partial charge in [0.15, 0.2) is 0 Å². The van der Waals surface area contributed by atoms with E-state index in [2.05, 4.69) is 27.3 Å². The maximum atomic E-state index is 8.85. The summed E-state index contributed by atoms with van der Waals surface area (Å²) in [5.74, 6) is 0. The first kappa shape index (κ1) is 14.4. The van der Waals surface area contributed by atoms with E-state index in [-0.39, 0.29) is 0 Å². The molecular formula is C15H19BrN2O. The van der Waals surface area contributed by atoms with Gasteiger partial charge in [-0.15, -0.1) is 0 Å². The summed E-state index contributed by atoms with van der Waals surface area (Å²) in [5.41, 5.74) is 1.67. The number of hydrogen-bond acceptors (Lipinski definition) is 3. The average Bonchev–Trinajstić information content (AvgIpc) is 2.45. The average molecular weight is 323 g/mol. The first-order valence-electron chi connectivity index (χ1n) is 6.85. The standard InChI is InChI=1S/C15H19BrN2O/c16-15-10-13(7-6-12(15)11-17)18-8-9-19-14-4-2-1-3-5-14/h6-7,10,14,18H,1-5,8-9H2. The van der Waals surface area contributed by atoms with Crippen LogP contribution in [0.15, 0.2) is 22.7 Å². The van der Waals surface area contributed by atoms with Crippen LogP contribution in [-0.2, 0) is 4.74 Å². The topological polar surface area (TPSA) is 45.0 Å². The number of nitrogens with one attached hydrogen (secondary N) is 1. The third-order valence-electron chi connectivity index (χ3n) is 3.43. The predicted molar refractivity (Wildman–Crippen MR) is 80.2 cm³/mol. The number of hydrogen-bond donors (Lipinski definition) is 1. The zero-order valence-corrected chi connectivity index (χ0v) is 12.6. The molecule has 0 atom stereocenters. The highest BCUT2D eigenvalue weighted by molar-refractivity contribution is 9.10. The molecule has 1 aromatic carbocycles. The second-order valence-electron chi connectivity index (χ2n) is 4.86. The minimum Gasteiger partial charge on any atom is -0.383 e. The fourth-order valence-corrected chi connectivity index (χ4v) is 2.84. The number of nitriles is 1. The van der Waals surface area contributed by atoms with E-state index in [0.29, 0.717) is 11.7 Å². The van der Waals surface area contributed by atoms with E-state index in [4.69, 9.17) is 10.00 Å². The van der Waals surface area contributed by atoms with Gasteiger partial charge < -0.3 is 10.1 Å². The Bertz CT molecular complexity index is 450. The van der Waals surface area contributed by atoms with Gasteiger partial charge in [0.1, 0.15) is 6.07 Å². The Morgan fingerprint density at radius 1 is 1.32 bits per heavy atom. The molecule has 102 valence electrons. The van der Waals surface area contributed by atoms with Crippen LogP contribution in [0.2, 0.25) is 0 Å². The molecule has 1 aliphatic rings. The summed E-state index contributed by atoms with van der Waals surface area (Å²) in [4.78, 5) is 0. The first-order valence-corrected chi connectivity index (χ1v) is 7.64. The van der Waals surface area contributed by atoms with Gasteiger partial charge in [-0.2, -0.15) is 5.26 Å². The summed E-state index contributed by atoms with van der Waals surface area (Å²) in [7, 11) is 0. The molecule has 2 rings (SSSR count). The van der Waals surface area contributed by atoms with Crippen molar-refractivity contribution in [3.8, 4) is 6.07 Å². The molecule has 0 spiro atoms.